The van der Waals surface area contributed by atoms with Gasteiger partial charge >= 0.3 is 51.4 Å². The fourth-order valence-electron chi connectivity index (χ4n) is 0. The molecule has 32 valence electrons. The molecule has 0 bridgehead atoms. The van der Waals surface area contributed by atoms with Crippen molar-refractivity contribution in [3.8, 4) is 0 Å². The summed E-state index contributed by atoms with van der Waals surface area (Å²) in [6.07, 6.45) is 0. The van der Waals surface area contributed by atoms with Crippen LogP contribution >= 0.6 is 0 Å². The molecule has 0 amide bonds. The second kappa shape index (κ2) is 25.0. The predicted octanol–water partition coefficient (Wildman–Crippen LogP) is -13.3. The average Bonchev–Trinajstić information content (AvgIpc) is 0. The Bertz CT molecular complexity index is 6.85. The first-order chi connectivity index (χ1) is 0. The second-order valence-electron chi connectivity index (χ2n) is 0. The van der Waals surface area contributed by atoms with Gasteiger partial charge in [0.1, 0.15) is 0 Å². The van der Waals surface area contributed by atoms with Gasteiger partial charge in [0, 0.05) is 0 Å². The van der Waals surface area contributed by atoms with Gasteiger partial charge in [-0.1, -0.05) is 0 Å². The van der Waals surface area contributed by atoms with Crippen LogP contribution in [0.1, 0.15) is 0 Å². The molecule has 0 aromatic heterocycles. The van der Waals surface area contributed by atoms with Crippen molar-refractivity contribution in [2.75, 3.05) is 0 Å². The van der Waals surface area contributed by atoms with Crippen LogP contribution in [0.25, 0.3) is 0 Å². The van der Waals surface area contributed by atoms with Gasteiger partial charge in [0.25, 0.3) is 0 Å². The van der Waals surface area contributed by atoms with E-state index in [1.54, 1.807) is 0 Å². The first-order valence-electron chi connectivity index (χ1n) is 0. The van der Waals surface area contributed by atoms with Crippen LogP contribution in [0.2, 0.25) is 0 Å². The molecule has 0 aliphatic carbocycles. The van der Waals surface area contributed by atoms with Gasteiger partial charge < -0.3 is 53.4 Å². The molecule has 5 heavy (non-hydrogen) atoms. The summed E-state index contributed by atoms with van der Waals surface area (Å²) < 4.78 is 0. The van der Waals surface area contributed by atoms with Gasteiger partial charge in [-0.15, -0.1) is 0 Å². The first-order valence-corrected chi connectivity index (χ1v) is 0. The molecular weight excluding hydrogens is 436 g/mol. The molecule has 1 nitrogen and oxygen atoms in total. The van der Waals surface area contributed by atoms with E-state index in [0.717, 1.165) is 0 Å². The molecule has 0 unspecified atom stereocenters. The van der Waals surface area contributed by atoms with E-state index in [1.807, 2.05) is 0 Å². The van der Waals surface area contributed by atoms with Crippen molar-refractivity contribution in [1.82, 2.24) is 0 Å². The van der Waals surface area contributed by atoms with E-state index in [4.69, 9.17) is 0 Å². The summed E-state index contributed by atoms with van der Waals surface area (Å²) in [4.78, 5) is 0. The average molecular weight is 440 g/mol. The summed E-state index contributed by atoms with van der Waals surface area (Å²) in [7, 11) is 0. The van der Waals surface area contributed by atoms with Crippen LogP contribution in [0.4, 0.5) is 0 Å². The van der Waals surface area contributed by atoms with Gasteiger partial charge in [0.05, 0.1) is 0 Å². The summed E-state index contributed by atoms with van der Waals surface area (Å²) in [5.41, 5.74) is 0. The van der Waals surface area contributed by atoms with Crippen LogP contribution in [0.3, 0.4) is 0 Å². The first kappa shape index (κ1) is 37.2. The zero-order valence-electron chi connectivity index (χ0n) is 2.70. The van der Waals surface area contributed by atoms with Crippen LogP contribution < -0.4 is 123 Å². The summed E-state index contributed by atoms with van der Waals surface area (Å²) in [5, 5.41) is 0. The number of halogens is 3. The van der Waals surface area contributed by atoms with E-state index in [1.165, 1.54) is 0 Å². The topological polar surface area (TPSA) is 31.5 Å². The van der Waals surface area contributed by atoms with Crippen molar-refractivity contribution in [2.24, 2.45) is 0 Å². The third kappa shape index (κ3) is 18.2. The molecular formula is H4I3KO. The van der Waals surface area contributed by atoms with Crippen molar-refractivity contribution in [3.63, 3.8) is 0 Å². The van der Waals surface area contributed by atoms with Crippen LogP contribution in [-0.4, -0.2) is 5.48 Å². The third-order valence-corrected chi connectivity index (χ3v) is 0. The Morgan fingerprint density at radius 1 is 0.800 bits per heavy atom. The van der Waals surface area contributed by atoms with Gasteiger partial charge in [-0.25, -0.2) is 0 Å². The molecule has 0 spiro atoms. The molecule has 0 aliphatic rings. The fourth-order valence-corrected chi connectivity index (χ4v) is 0. The van der Waals surface area contributed by atoms with Gasteiger partial charge in [0.15, 0.2) is 0 Å². The molecule has 0 saturated carbocycles. The molecule has 0 atom stereocenters. The largest absolute Gasteiger partial charge is 1.00 e. The van der Waals surface area contributed by atoms with Gasteiger partial charge in [-0.3, -0.25) is 0 Å². The van der Waals surface area contributed by atoms with Crippen molar-refractivity contribution < 1.29 is 129 Å². The third-order valence-electron chi connectivity index (χ3n) is 0. The number of hydrogen-bond acceptors (Lipinski definition) is 0. The van der Waals surface area contributed by atoms with E-state index in [2.05, 4.69) is 0 Å². The van der Waals surface area contributed by atoms with Crippen molar-refractivity contribution in [1.29, 1.82) is 0 Å². The molecule has 0 heterocycles. The zero-order valence-corrected chi connectivity index (χ0v) is 12.7. The van der Waals surface area contributed by atoms with Crippen LogP contribution in [-0.2, 0) is 0 Å². The number of rotatable bonds is 0. The Kier molecular flexibility index (Phi) is 186. The minimum atomic E-state index is 0. The second-order valence-corrected chi connectivity index (χ2v) is 0. The molecule has 0 saturated heterocycles. The standard InChI is InChI=1S/H2I.2HI.K.H2O/h1H2;2*1H;;1H2/q+1;;;+1;/p-2. The van der Waals surface area contributed by atoms with Gasteiger partial charge in [-0.2, -0.15) is 0 Å². The molecule has 0 aromatic rings. The van der Waals surface area contributed by atoms with E-state index < -0.39 is 0 Å². The maximum Gasteiger partial charge on any atom is 1.00 e. The summed E-state index contributed by atoms with van der Waals surface area (Å²) in [6, 6.07) is 0. The van der Waals surface area contributed by atoms with Crippen molar-refractivity contribution in [3.05, 3.63) is 0 Å². The molecule has 0 rings (SSSR count). The monoisotopic (exact) mass is 440 g/mol. The zero-order chi connectivity index (χ0) is 0. The van der Waals surface area contributed by atoms with E-state index >= 15 is 0 Å². The van der Waals surface area contributed by atoms with Gasteiger partial charge in [-0.05, 0) is 0 Å². The molecule has 0 radical (unpaired) electrons. The Balaban J connectivity index is 0. The van der Waals surface area contributed by atoms with Crippen LogP contribution in [0.5, 0.6) is 0 Å². The predicted molar refractivity (Wildman–Crippen MR) is 6.40 cm³/mol. The normalized spacial score (nSPS) is 0. The van der Waals surface area contributed by atoms with Crippen molar-refractivity contribution >= 4 is 0 Å². The Morgan fingerprint density at radius 3 is 0.800 bits per heavy atom. The van der Waals surface area contributed by atoms with Crippen LogP contribution in [0, 0.1) is 0 Å². The maximum absolute atomic E-state index is 0. The summed E-state index contributed by atoms with van der Waals surface area (Å²) in [5.74, 6) is 0. The van der Waals surface area contributed by atoms with Crippen molar-refractivity contribution in [2.45, 2.75) is 0 Å². The molecule has 0 fully saturated rings. The SMILES string of the molecule is O.[I-].[I-].[IH2+].[K+]. The maximum atomic E-state index is 0. The van der Waals surface area contributed by atoms with E-state index in [0.29, 0.717) is 0 Å². The Hall–Kier alpha value is 3.79. The minimum Gasteiger partial charge on any atom is -1.00 e. The Morgan fingerprint density at radius 2 is 0.800 bits per heavy atom. The Labute approximate surface area is 125 Å². The van der Waals surface area contributed by atoms with Gasteiger partial charge in [0.2, 0.25) is 24.0 Å². The quantitative estimate of drug-likeness (QED) is 0.265. The van der Waals surface area contributed by atoms with E-state index in [9.17, 15) is 0 Å². The van der Waals surface area contributed by atoms with Crippen LogP contribution in [0.15, 0.2) is 0 Å². The molecule has 5 heteroatoms. The van der Waals surface area contributed by atoms with E-state index in [-0.39, 0.29) is 129 Å². The fraction of sp³-hybridized carbons (Fsp3) is 0. The minimum absolute atomic E-state index is 0. The summed E-state index contributed by atoms with van der Waals surface area (Å²) >= 11 is 0. The number of hydrogen-bond donors (Lipinski definition) is 0. The molecule has 0 aliphatic heterocycles. The summed E-state index contributed by atoms with van der Waals surface area (Å²) in [6.45, 7) is 0. The molecule has 0 aromatic carbocycles. The molecule has 2 N–H and O–H groups in total. The smallest absolute Gasteiger partial charge is 1.00 e.